The van der Waals surface area contributed by atoms with Crippen LogP contribution in [0, 0.1) is 0 Å². The van der Waals surface area contributed by atoms with Gasteiger partial charge in [0.25, 0.3) is 0 Å². The minimum Gasteiger partial charge on any atom is -0.342 e. The van der Waals surface area contributed by atoms with Crippen molar-refractivity contribution in [2.24, 2.45) is 7.05 Å². The van der Waals surface area contributed by atoms with E-state index in [0.717, 1.165) is 0 Å². The molecule has 4 aromatic heterocycles. The highest BCUT2D eigenvalue weighted by molar-refractivity contribution is 7.26. The summed E-state index contributed by atoms with van der Waals surface area (Å²) in [4.78, 5) is 0. The van der Waals surface area contributed by atoms with Crippen LogP contribution in [0.4, 0.5) is 0 Å². The molecule has 34 heavy (non-hydrogen) atoms. The lowest BCUT2D eigenvalue weighted by Crippen LogP contribution is -1.89. The van der Waals surface area contributed by atoms with Crippen molar-refractivity contribution in [3.8, 4) is 0 Å². The standard InChI is InChI=1S/C31H18N2S/c1-32-24-13-7-14-25-28(24)27-21(16-22-18-9-3-5-15-26(18)34-31(22)30(27)32)20-11-6-10-19-17-8-2-4-12-23(17)33(25)29(19)20/h2-16H,1H3. The van der Waals surface area contributed by atoms with Crippen molar-refractivity contribution in [2.75, 3.05) is 0 Å². The fourth-order valence-corrected chi connectivity index (χ4v) is 7.75. The predicted molar refractivity (Wildman–Crippen MR) is 148 cm³/mol. The Balaban J connectivity index is 1.77. The number of rotatable bonds is 0. The molecule has 0 aliphatic carbocycles. The van der Waals surface area contributed by atoms with Crippen molar-refractivity contribution in [3.63, 3.8) is 0 Å². The molecule has 0 radical (unpaired) electrons. The van der Waals surface area contributed by atoms with Gasteiger partial charge in [0.15, 0.2) is 0 Å². The molecule has 0 saturated carbocycles. The first-order valence-corrected chi connectivity index (χ1v) is 12.5. The van der Waals surface area contributed by atoms with E-state index in [4.69, 9.17) is 0 Å². The van der Waals surface area contributed by atoms with Crippen LogP contribution in [-0.2, 0) is 7.05 Å². The maximum atomic E-state index is 2.51. The van der Waals surface area contributed by atoms with Gasteiger partial charge in [-0.15, -0.1) is 11.3 Å². The Morgan fingerprint density at radius 3 is 2.12 bits per heavy atom. The van der Waals surface area contributed by atoms with Crippen molar-refractivity contribution < 1.29 is 0 Å². The smallest absolute Gasteiger partial charge is 0.0677 e. The van der Waals surface area contributed by atoms with E-state index in [-0.39, 0.29) is 0 Å². The van der Waals surface area contributed by atoms with Crippen LogP contribution in [0.25, 0.3) is 80.1 Å². The Kier molecular flexibility index (Phi) is 2.91. The highest BCUT2D eigenvalue weighted by Crippen LogP contribution is 2.48. The van der Waals surface area contributed by atoms with Crippen LogP contribution in [0.2, 0.25) is 0 Å². The van der Waals surface area contributed by atoms with Crippen LogP contribution in [-0.4, -0.2) is 8.97 Å². The normalized spacial score (nSPS) is 12.9. The number of hydrogen-bond acceptors (Lipinski definition) is 1. The number of fused-ring (bicyclic) bond motifs is 9. The van der Waals surface area contributed by atoms with Crippen molar-refractivity contribution in [1.82, 2.24) is 8.97 Å². The highest BCUT2D eigenvalue weighted by atomic mass is 32.1. The summed E-state index contributed by atoms with van der Waals surface area (Å²) in [5.74, 6) is 0. The summed E-state index contributed by atoms with van der Waals surface area (Å²) >= 11 is 1.92. The summed E-state index contributed by atoms with van der Waals surface area (Å²) in [5, 5.41) is 10.7. The molecule has 158 valence electrons. The monoisotopic (exact) mass is 450 g/mol. The molecular weight excluding hydrogens is 432 g/mol. The molecule has 0 aliphatic heterocycles. The second-order valence-electron chi connectivity index (χ2n) is 9.41. The van der Waals surface area contributed by atoms with Gasteiger partial charge >= 0.3 is 0 Å². The zero-order valence-electron chi connectivity index (χ0n) is 18.5. The molecule has 9 aromatic rings. The molecule has 0 N–H and O–H groups in total. The molecule has 0 atom stereocenters. The summed E-state index contributed by atoms with van der Waals surface area (Å²) in [6, 6.07) is 33.8. The van der Waals surface area contributed by atoms with Gasteiger partial charge in [-0.2, -0.15) is 0 Å². The van der Waals surface area contributed by atoms with Crippen molar-refractivity contribution in [3.05, 3.63) is 91.0 Å². The van der Waals surface area contributed by atoms with E-state index in [1.54, 1.807) is 0 Å². The van der Waals surface area contributed by atoms with Gasteiger partial charge in [-0.1, -0.05) is 60.7 Å². The Hall–Kier alpha value is -4.08. The van der Waals surface area contributed by atoms with Crippen LogP contribution >= 0.6 is 11.3 Å². The van der Waals surface area contributed by atoms with Gasteiger partial charge in [0.1, 0.15) is 0 Å². The predicted octanol–water partition coefficient (Wildman–Crippen LogP) is 8.85. The largest absolute Gasteiger partial charge is 0.342 e. The zero-order valence-corrected chi connectivity index (χ0v) is 19.3. The number of nitrogens with zero attached hydrogens (tertiary/aromatic N) is 2. The van der Waals surface area contributed by atoms with Crippen molar-refractivity contribution in [2.45, 2.75) is 0 Å². The molecule has 0 spiro atoms. The summed E-state index contributed by atoms with van der Waals surface area (Å²) < 4.78 is 7.67. The second kappa shape index (κ2) is 5.69. The molecule has 0 unspecified atom stereocenters. The quantitative estimate of drug-likeness (QED) is 0.218. The Morgan fingerprint density at radius 2 is 1.21 bits per heavy atom. The lowest BCUT2D eigenvalue weighted by Gasteiger charge is -2.05. The highest BCUT2D eigenvalue weighted by Gasteiger charge is 2.23. The molecule has 0 saturated heterocycles. The minimum absolute atomic E-state index is 1.27. The number of para-hydroxylation sites is 2. The van der Waals surface area contributed by atoms with E-state index in [0.29, 0.717) is 0 Å². The van der Waals surface area contributed by atoms with E-state index in [9.17, 15) is 0 Å². The van der Waals surface area contributed by atoms with Crippen LogP contribution < -0.4 is 0 Å². The lowest BCUT2D eigenvalue weighted by atomic mass is 10.0. The number of aromatic nitrogens is 2. The van der Waals surface area contributed by atoms with Crippen LogP contribution in [0.5, 0.6) is 0 Å². The fraction of sp³-hybridized carbons (Fsp3) is 0.0323. The fourth-order valence-electron chi connectivity index (χ4n) is 6.48. The molecule has 3 heteroatoms. The second-order valence-corrected chi connectivity index (χ2v) is 10.5. The number of benzene rings is 5. The minimum atomic E-state index is 1.27. The van der Waals surface area contributed by atoms with Crippen molar-refractivity contribution in [1.29, 1.82) is 0 Å². The molecule has 9 rings (SSSR count). The van der Waals surface area contributed by atoms with Gasteiger partial charge in [-0.25, -0.2) is 0 Å². The average Bonchev–Trinajstić information content (AvgIpc) is 3.49. The molecule has 5 aromatic carbocycles. The summed E-state index contributed by atoms with van der Waals surface area (Å²) in [7, 11) is 2.24. The van der Waals surface area contributed by atoms with Gasteiger partial charge < -0.3 is 8.97 Å². The van der Waals surface area contributed by atoms with Crippen LogP contribution in [0.1, 0.15) is 0 Å². The Bertz CT molecular complexity index is 2290. The summed E-state index contributed by atoms with van der Waals surface area (Å²) in [6.07, 6.45) is 0. The van der Waals surface area contributed by atoms with E-state index >= 15 is 0 Å². The zero-order chi connectivity index (χ0) is 22.1. The Morgan fingerprint density at radius 1 is 0.529 bits per heavy atom. The SMILES string of the molecule is Cn1c2cccc3c2c2c(cc4c5ccccc5sc4c21)c1cccc2c4ccccc4n3c12. The van der Waals surface area contributed by atoms with Gasteiger partial charge in [0.2, 0.25) is 0 Å². The first-order valence-electron chi connectivity index (χ1n) is 11.7. The van der Waals surface area contributed by atoms with Gasteiger partial charge in [0, 0.05) is 49.5 Å². The molecule has 2 nitrogen and oxygen atoms in total. The van der Waals surface area contributed by atoms with E-state index in [1.807, 2.05) is 11.3 Å². The third-order valence-corrected chi connectivity index (χ3v) is 9.03. The molecular formula is C31H18N2S. The first-order chi connectivity index (χ1) is 16.8. The van der Waals surface area contributed by atoms with E-state index in [1.165, 1.54) is 80.1 Å². The Labute approximate surface area is 198 Å². The van der Waals surface area contributed by atoms with Gasteiger partial charge in [-0.3, -0.25) is 0 Å². The van der Waals surface area contributed by atoms with Gasteiger partial charge in [0.05, 0.1) is 32.3 Å². The molecule has 0 fully saturated rings. The van der Waals surface area contributed by atoms with Gasteiger partial charge in [-0.05, 0) is 35.7 Å². The maximum Gasteiger partial charge on any atom is 0.0677 e. The van der Waals surface area contributed by atoms with Crippen molar-refractivity contribution >= 4 is 91.4 Å². The third-order valence-electron chi connectivity index (χ3n) is 7.84. The summed E-state index contributed by atoms with van der Waals surface area (Å²) in [5.41, 5.74) is 6.51. The molecule has 0 amide bonds. The lowest BCUT2D eigenvalue weighted by molar-refractivity contribution is 1.02. The number of aryl methyl sites for hydroxylation is 1. The molecule has 4 heterocycles. The average molecular weight is 451 g/mol. The topological polar surface area (TPSA) is 9.34 Å². The van der Waals surface area contributed by atoms with E-state index in [2.05, 4.69) is 107 Å². The molecule has 0 aliphatic rings. The summed E-state index contributed by atoms with van der Waals surface area (Å²) in [6.45, 7) is 0. The van der Waals surface area contributed by atoms with E-state index < -0.39 is 0 Å². The number of thiophene rings is 1. The maximum absolute atomic E-state index is 2.51. The van der Waals surface area contributed by atoms with Crippen LogP contribution in [0.3, 0.4) is 0 Å². The first kappa shape index (κ1) is 17.4. The molecule has 0 bridgehead atoms. The number of hydrogen-bond donors (Lipinski definition) is 0. The van der Waals surface area contributed by atoms with Crippen LogP contribution in [0.15, 0.2) is 91.0 Å². The third kappa shape index (κ3) is 1.80.